The number of allylic oxidation sites excluding steroid dienone is 1. The van der Waals surface area contributed by atoms with Crippen molar-refractivity contribution in [1.82, 2.24) is 0 Å². The number of rotatable bonds is 5. The van der Waals surface area contributed by atoms with Gasteiger partial charge in [0.2, 0.25) is 0 Å². The minimum Gasteiger partial charge on any atom is -0.478 e. The van der Waals surface area contributed by atoms with Gasteiger partial charge in [-0.05, 0) is 39.2 Å². The molecule has 0 aromatic carbocycles. The number of hydrogen-bond donors (Lipinski definition) is 2. The Labute approximate surface area is 118 Å². The first-order valence-electron chi connectivity index (χ1n) is 5.96. The molecule has 1 fully saturated rings. The average molecular weight is 277 g/mol. The van der Waals surface area contributed by atoms with E-state index in [2.05, 4.69) is 0 Å². The van der Waals surface area contributed by atoms with Gasteiger partial charge in [0.1, 0.15) is 6.10 Å². The predicted octanol–water partition coefficient (Wildman–Crippen LogP) is 2.19. The van der Waals surface area contributed by atoms with Gasteiger partial charge in [-0.1, -0.05) is 5.57 Å². The van der Waals surface area contributed by atoms with E-state index in [1.807, 2.05) is 0 Å². The number of hydrogen-bond acceptors (Lipinski definition) is 3. The number of ether oxygens (including phenoxy) is 1. The molecule has 1 rings (SSSR count). The van der Waals surface area contributed by atoms with Crippen molar-refractivity contribution in [2.45, 2.75) is 20.8 Å². The van der Waals surface area contributed by atoms with E-state index in [-0.39, 0.29) is 11.1 Å². The van der Waals surface area contributed by atoms with Gasteiger partial charge in [-0.3, -0.25) is 0 Å². The Bertz CT molecular complexity index is 469. The van der Waals surface area contributed by atoms with E-state index in [0.717, 1.165) is 0 Å². The molecule has 107 valence electrons. The largest absolute Gasteiger partial charge is 0.478 e. The first kappa shape index (κ1) is 16.4. The van der Waals surface area contributed by atoms with Crippen LogP contribution in [0.3, 0.4) is 0 Å². The highest BCUT2D eigenvalue weighted by Crippen LogP contribution is 2.41. The summed E-state index contributed by atoms with van der Waals surface area (Å²) in [4.78, 5) is 22.8. The van der Waals surface area contributed by atoms with Crippen LogP contribution in [-0.2, 0) is 14.3 Å². The molecule has 0 unspecified atom stereocenters. The van der Waals surface area contributed by atoms with E-state index in [1.165, 1.54) is 7.11 Å². The summed E-state index contributed by atoms with van der Waals surface area (Å²) in [5, 5.41) is 18.6. The first-order chi connectivity index (χ1) is 9.31. The molecule has 5 nitrogen and oxygen atoms in total. The molecule has 1 aliphatic rings. The highest BCUT2D eigenvalue weighted by Gasteiger charge is 2.35. The van der Waals surface area contributed by atoms with Crippen molar-refractivity contribution in [2.75, 3.05) is 7.11 Å². The van der Waals surface area contributed by atoms with E-state index in [0.29, 0.717) is 23.2 Å². The zero-order valence-electron chi connectivity index (χ0n) is 11.9. The highest BCUT2D eigenvalue weighted by molar-refractivity contribution is 6.07. The van der Waals surface area contributed by atoms with Gasteiger partial charge in [-0.2, -0.15) is 0 Å². The van der Waals surface area contributed by atoms with Gasteiger partial charge in [0, 0.05) is 19.4 Å². The number of carboxylic acids is 2. The van der Waals surface area contributed by atoms with Crippen molar-refractivity contribution in [2.24, 2.45) is 0 Å². The van der Waals surface area contributed by atoms with Crippen molar-refractivity contribution in [3.8, 4) is 0 Å². The lowest BCUT2D eigenvalue weighted by Gasteiger charge is -2.20. The molecule has 0 saturated heterocycles. The lowest BCUT2D eigenvalue weighted by molar-refractivity contribution is -0.136. The lowest BCUT2D eigenvalue weighted by Crippen LogP contribution is -2.18. The lowest BCUT2D eigenvalue weighted by atomic mass is 9.87. The van der Waals surface area contributed by atoms with Crippen LogP contribution in [0.4, 0.5) is 0 Å². The van der Waals surface area contributed by atoms with Crippen LogP contribution in [0.25, 0.3) is 0 Å². The average Bonchev–Trinajstić information content (AvgIpc) is 2.81. The van der Waals surface area contributed by atoms with Crippen LogP contribution in [0, 0.1) is 31.3 Å². The Morgan fingerprint density at radius 3 is 1.95 bits per heavy atom. The molecule has 5 radical (unpaired) electrons. The van der Waals surface area contributed by atoms with Crippen molar-refractivity contribution in [3.63, 3.8) is 0 Å². The van der Waals surface area contributed by atoms with Gasteiger partial charge in [-0.25, -0.2) is 9.59 Å². The summed E-state index contributed by atoms with van der Waals surface area (Å²) in [5.74, 6) is -1.96. The minimum absolute atomic E-state index is 0.196. The van der Waals surface area contributed by atoms with E-state index >= 15 is 0 Å². The van der Waals surface area contributed by atoms with Crippen LogP contribution in [0.15, 0.2) is 22.3 Å². The van der Waals surface area contributed by atoms with Gasteiger partial charge in [0.25, 0.3) is 0 Å². The zero-order valence-corrected chi connectivity index (χ0v) is 11.9. The second kappa shape index (κ2) is 6.70. The van der Waals surface area contributed by atoms with Crippen molar-refractivity contribution >= 4 is 11.9 Å². The predicted molar refractivity (Wildman–Crippen MR) is 72.7 cm³/mol. The quantitative estimate of drug-likeness (QED) is 0.594. The molecule has 0 aromatic rings. The smallest absolute Gasteiger partial charge is 0.336 e. The number of carboxylic acid groups (broad SMARTS) is 2. The molecule has 2 N–H and O–H groups in total. The van der Waals surface area contributed by atoms with Gasteiger partial charge in [0.15, 0.2) is 0 Å². The second-order valence-electron chi connectivity index (χ2n) is 4.49. The molecule has 0 aliphatic heterocycles. The molecule has 1 aliphatic carbocycles. The monoisotopic (exact) mass is 277 g/mol. The molecule has 0 atom stereocenters. The van der Waals surface area contributed by atoms with Crippen LogP contribution < -0.4 is 0 Å². The van der Waals surface area contributed by atoms with Gasteiger partial charge in [-0.15, -0.1) is 0 Å². The number of carbonyl (C=O) groups is 2. The Morgan fingerprint density at radius 1 is 1.00 bits per heavy atom. The van der Waals surface area contributed by atoms with Crippen LogP contribution in [-0.4, -0.2) is 29.3 Å². The fourth-order valence-electron chi connectivity index (χ4n) is 2.05. The standard InChI is InChI=1S/C15H17O5/c1-8(2)12(14(16)17)13(15(18)19)9(3)10-6-5-7-11(10)20-4/h5-7H,1-4H3,(H,16,17)(H,18,19)/b13-9+. The Hall–Kier alpha value is -1.62. The molecule has 0 aromatic heterocycles. The highest BCUT2D eigenvalue weighted by atomic mass is 16.5. The van der Waals surface area contributed by atoms with Crippen LogP contribution in [0.5, 0.6) is 0 Å². The number of aliphatic carboxylic acids is 2. The Balaban J connectivity index is 3.38. The minimum atomic E-state index is -1.27. The summed E-state index contributed by atoms with van der Waals surface area (Å²) in [7, 11) is 1.48. The van der Waals surface area contributed by atoms with Gasteiger partial charge < -0.3 is 14.9 Å². The summed E-state index contributed by atoms with van der Waals surface area (Å²) in [6.07, 6.45) is 5.63. The first-order valence-corrected chi connectivity index (χ1v) is 5.96. The maximum atomic E-state index is 11.5. The van der Waals surface area contributed by atoms with E-state index in [9.17, 15) is 19.8 Å². The summed E-state index contributed by atoms with van der Waals surface area (Å²) in [6, 6.07) is 0. The normalized spacial score (nSPS) is 17.8. The third-order valence-corrected chi connectivity index (χ3v) is 2.95. The molecule has 0 bridgehead atoms. The van der Waals surface area contributed by atoms with E-state index in [1.54, 1.807) is 40.0 Å². The summed E-state index contributed by atoms with van der Waals surface area (Å²) in [5.41, 5.74) is 0.373. The summed E-state index contributed by atoms with van der Waals surface area (Å²) in [6.45, 7) is 4.72. The summed E-state index contributed by atoms with van der Waals surface area (Å²) < 4.78 is 5.15. The molecule has 0 spiro atoms. The molecule has 1 saturated carbocycles. The molecule has 20 heavy (non-hydrogen) atoms. The van der Waals surface area contributed by atoms with Crippen LogP contribution in [0.1, 0.15) is 20.8 Å². The Kier molecular flexibility index (Phi) is 5.51. The van der Waals surface area contributed by atoms with Crippen molar-refractivity contribution in [1.29, 1.82) is 0 Å². The van der Waals surface area contributed by atoms with Crippen LogP contribution in [0.2, 0.25) is 0 Å². The maximum absolute atomic E-state index is 11.5. The van der Waals surface area contributed by atoms with Gasteiger partial charge >= 0.3 is 11.9 Å². The number of methoxy groups -OCH3 is 1. The fourth-order valence-corrected chi connectivity index (χ4v) is 2.05. The third kappa shape index (κ3) is 3.28. The van der Waals surface area contributed by atoms with E-state index < -0.39 is 11.9 Å². The maximum Gasteiger partial charge on any atom is 0.336 e. The van der Waals surface area contributed by atoms with Crippen LogP contribution >= 0.6 is 0 Å². The molecule has 0 heterocycles. The fraction of sp³-hybridized carbons (Fsp3) is 0.267. The zero-order chi connectivity index (χ0) is 15.4. The van der Waals surface area contributed by atoms with Gasteiger partial charge in [0.05, 0.1) is 11.1 Å². The van der Waals surface area contributed by atoms with E-state index in [4.69, 9.17) is 4.74 Å². The van der Waals surface area contributed by atoms with Crippen molar-refractivity contribution in [3.05, 3.63) is 53.6 Å². The Morgan fingerprint density at radius 2 is 1.55 bits per heavy atom. The van der Waals surface area contributed by atoms with Crippen molar-refractivity contribution < 1.29 is 24.5 Å². The molecule has 0 amide bonds. The SMILES string of the molecule is CO[C]1[CH][CH][CH][C]1/C(C)=C(/C(=O)O)C(C(=O)O)=C(C)C. The topological polar surface area (TPSA) is 83.8 Å². The second-order valence-corrected chi connectivity index (χ2v) is 4.49. The molecular weight excluding hydrogens is 260 g/mol. The summed E-state index contributed by atoms with van der Waals surface area (Å²) >= 11 is 0. The molecular formula is C15H17O5. The third-order valence-electron chi connectivity index (χ3n) is 2.95. The molecule has 5 heteroatoms.